The molecule has 3 heterocycles. The quantitative estimate of drug-likeness (QED) is 0.415. The van der Waals surface area contributed by atoms with E-state index in [0.717, 1.165) is 66.9 Å². The van der Waals surface area contributed by atoms with Gasteiger partial charge in [0.1, 0.15) is 6.04 Å². The van der Waals surface area contributed by atoms with Crippen LogP contribution in [0.2, 0.25) is 0 Å². The molecule has 2 aromatic carbocycles. The van der Waals surface area contributed by atoms with Crippen LogP contribution < -0.4 is 10.5 Å². The van der Waals surface area contributed by atoms with Crippen molar-refractivity contribution in [1.82, 2.24) is 30.1 Å². The number of fused-ring (bicyclic) bond motifs is 1. The number of H-pyrrole nitrogens is 1. The van der Waals surface area contributed by atoms with Crippen LogP contribution in [0.25, 0.3) is 10.9 Å². The van der Waals surface area contributed by atoms with Crippen molar-refractivity contribution in [3.8, 4) is 0 Å². The van der Waals surface area contributed by atoms with Crippen LogP contribution in [0.1, 0.15) is 71.4 Å². The van der Waals surface area contributed by atoms with Crippen LogP contribution in [0.5, 0.6) is 0 Å². The van der Waals surface area contributed by atoms with Gasteiger partial charge < -0.3 is 9.88 Å². The Labute approximate surface area is 223 Å². The molecular weight excluding hydrogens is 474 g/mol. The molecular formula is C30H37N7O. The fourth-order valence-corrected chi connectivity index (χ4v) is 6.48. The Balaban J connectivity index is 1.41. The highest BCUT2D eigenvalue weighted by Gasteiger charge is 2.35. The molecule has 198 valence electrons. The molecule has 1 saturated heterocycles. The number of aromatic nitrogens is 5. The van der Waals surface area contributed by atoms with Crippen molar-refractivity contribution in [2.75, 3.05) is 31.1 Å². The zero-order valence-electron chi connectivity index (χ0n) is 22.9. The lowest BCUT2D eigenvalue weighted by atomic mass is 9.99. The number of piperazine rings is 1. The second kappa shape index (κ2) is 9.98. The summed E-state index contributed by atoms with van der Waals surface area (Å²) in [5.41, 5.74) is 7.69. The minimum absolute atomic E-state index is 0.0626. The molecule has 2 aromatic heterocycles. The molecule has 0 unspecified atom stereocenters. The van der Waals surface area contributed by atoms with Crippen molar-refractivity contribution in [2.24, 2.45) is 0 Å². The number of pyridine rings is 1. The van der Waals surface area contributed by atoms with E-state index in [-0.39, 0.29) is 11.6 Å². The maximum absolute atomic E-state index is 13.7. The van der Waals surface area contributed by atoms with Gasteiger partial charge in [-0.1, -0.05) is 36.6 Å². The molecule has 1 N–H and O–H groups in total. The Hall–Kier alpha value is -3.52. The number of benzene rings is 2. The maximum atomic E-state index is 13.7. The topological polar surface area (TPSA) is 82.9 Å². The van der Waals surface area contributed by atoms with E-state index in [9.17, 15) is 4.79 Å². The number of aromatic amines is 1. The molecule has 0 bridgehead atoms. The van der Waals surface area contributed by atoms with Gasteiger partial charge in [-0.25, -0.2) is 4.68 Å². The summed E-state index contributed by atoms with van der Waals surface area (Å²) in [5.74, 6) is 0.784. The summed E-state index contributed by atoms with van der Waals surface area (Å²) in [6, 6.07) is 13.0. The molecule has 2 aliphatic rings. The van der Waals surface area contributed by atoms with Crippen LogP contribution in [0, 0.1) is 27.7 Å². The second-order valence-electron chi connectivity index (χ2n) is 11.2. The van der Waals surface area contributed by atoms with Gasteiger partial charge in [0.15, 0.2) is 5.82 Å². The lowest BCUT2D eigenvalue weighted by molar-refractivity contribution is 0.196. The molecule has 8 nitrogen and oxygen atoms in total. The third kappa shape index (κ3) is 4.51. The van der Waals surface area contributed by atoms with Gasteiger partial charge in [0.25, 0.3) is 5.56 Å². The molecule has 1 aliphatic heterocycles. The lowest BCUT2D eigenvalue weighted by Gasteiger charge is -2.40. The van der Waals surface area contributed by atoms with E-state index in [4.69, 9.17) is 0 Å². The summed E-state index contributed by atoms with van der Waals surface area (Å²) in [6.07, 6.45) is 4.55. The normalized spacial score (nSPS) is 17.9. The predicted molar refractivity (Wildman–Crippen MR) is 151 cm³/mol. The van der Waals surface area contributed by atoms with Gasteiger partial charge in [-0.05, 0) is 91.2 Å². The van der Waals surface area contributed by atoms with E-state index in [1.165, 1.54) is 35.2 Å². The summed E-state index contributed by atoms with van der Waals surface area (Å²) in [5, 5.41) is 14.2. The fraction of sp³-hybridized carbons (Fsp3) is 0.467. The number of anilines is 1. The Morgan fingerprint density at radius 3 is 2.42 bits per heavy atom. The van der Waals surface area contributed by atoms with Crippen LogP contribution in [0.15, 0.2) is 41.2 Å². The van der Waals surface area contributed by atoms with Crippen LogP contribution >= 0.6 is 0 Å². The first-order valence-corrected chi connectivity index (χ1v) is 13.9. The molecule has 0 amide bonds. The predicted octanol–water partition coefficient (Wildman–Crippen LogP) is 4.77. The van der Waals surface area contributed by atoms with E-state index >= 15 is 0 Å². The average molecular weight is 512 g/mol. The highest BCUT2D eigenvalue weighted by Crippen LogP contribution is 2.35. The number of nitrogens with one attached hydrogen (secondary N) is 1. The van der Waals surface area contributed by atoms with Gasteiger partial charge in [0.05, 0.1) is 11.6 Å². The van der Waals surface area contributed by atoms with Crippen LogP contribution in [0.3, 0.4) is 0 Å². The van der Waals surface area contributed by atoms with Crippen molar-refractivity contribution >= 4 is 16.6 Å². The van der Waals surface area contributed by atoms with Crippen molar-refractivity contribution in [2.45, 2.75) is 65.5 Å². The molecule has 8 heteroatoms. The zero-order valence-corrected chi connectivity index (χ0v) is 22.9. The summed E-state index contributed by atoms with van der Waals surface area (Å²) >= 11 is 0. The Bertz CT molecular complexity index is 1520. The van der Waals surface area contributed by atoms with Gasteiger partial charge in [-0.2, -0.15) is 0 Å². The molecule has 2 fully saturated rings. The molecule has 4 aromatic rings. The number of hydrogen-bond acceptors (Lipinski definition) is 6. The van der Waals surface area contributed by atoms with Gasteiger partial charge in [-0.3, -0.25) is 9.69 Å². The first kappa shape index (κ1) is 24.8. The SMILES string of the molecule is Cc1ccc(C)c(N2CCN([C@H](c3cc4cc(C)cc(C)c4[nH]c3=O)c3nnnn3C3CCCC3)CC2)c1. The van der Waals surface area contributed by atoms with Crippen LogP contribution in [-0.4, -0.2) is 56.3 Å². The maximum Gasteiger partial charge on any atom is 0.253 e. The standard InChI is InChI=1S/C30H37N7O/c1-19-9-10-21(3)26(17-19)35-11-13-36(14-12-35)28(29-32-33-34-37(29)24-7-5-6-8-24)25-18-23-16-20(2)15-22(4)27(23)31-30(25)38/h9-10,15-18,24,28H,5-8,11-14H2,1-4H3,(H,31,38)/t28-/m1/s1. The molecule has 1 aliphatic carbocycles. The molecule has 0 radical (unpaired) electrons. The highest BCUT2D eigenvalue weighted by atomic mass is 16.1. The molecule has 1 saturated carbocycles. The van der Waals surface area contributed by atoms with E-state index in [0.29, 0.717) is 6.04 Å². The van der Waals surface area contributed by atoms with Gasteiger partial charge in [0, 0.05) is 37.4 Å². The first-order valence-electron chi connectivity index (χ1n) is 13.9. The number of rotatable bonds is 5. The third-order valence-electron chi connectivity index (χ3n) is 8.43. The lowest BCUT2D eigenvalue weighted by Crippen LogP contribution is -2.49. The van der Waals surface area contributed by atoms with Crippen molar-refractivity contribution in [3.05, 3.63) is 80.4 Å². The van der Waals surface area contributed by atoms with Crippen molar-refractivity contribution < 1.29 is 0 Å². The summed E-state index contributed by atoms with van der Waals surface area (Å²) in [6.45, 7) is 11.9. The number of aryl methyl sites for hydroxylation is 4. The van der Waals surface area contributed by atoms with Crippen molar-refractivity contribution in [3.63, 3.8) is 0 Å². The Morgan fingerprint density at radius 1 is 0.895 bits per heavy atom. The Kier molecular flexibility index (Phi) is 6.51. The number of tetrazole rings is 1. The number of hydrogen-bond donors (Lipinski definition) is 1. The van der Waals surface area contributed by atoms with Gasteiger partial charge in [0.2, 0.25) is 0 Å². The minimum atomic E-state index is -0.305. The van der Waals surface area contributed by atoms with Crippen LogP contribution in [-0.2, 0) is 0 Å². The van der Waals surface area contributed by atoms with E-state index in [1.54, 1.807) is 0 Å². The van der Waals surface area contributed by atoms with E-state index in [1.807, 2.05) is 4.68 Å². The van der Waals surface area contributed by atoms with E-state index < -0.39 is 0 Å². The average Bonchev–Trinajstić information content (AvgIpc) is 3.59. The largest absolute Gasteiger partial charge is 0.369 e. The third-order valence-corrected chi connectivity index (χ3v) is 8.43. The smallest absolute Gasteiger partial charge is 0.253 e. The zero-order chi connectivity index (χ0) is 26.4. The monoisotopic (exact) mass is 511 g/mol. The minimum Gasteiger partial charge on any atom is -0.369 e. The second-order valence-corrected chi connectivity index (χ2v) is 11.2. The summed E-state index contributed by atoms with van der Waals surface area (Å²) in [4.78, 5) is 21.7. The van der Waals surface area contributed by atoms with Gasteiger partial charge >= 0.3 is 0 Å². The molecule has 1 atom stereocenters. The summed E-state index contributed by atoms with van der Waals surface area (Å²) in [7, 11) is 0. The molecule has 6 rings (SSSR count). The number of nitrogens with zero attached hydrogens (tertiary/aromatic N) is 6. The fourth-order valence-electron chi connectivity index (χ4n) is 6.48. The van der Waals surface area contributed by atoms with E-state index in [2.05, 4.69) is 94.4 Å². The summed E-state index contributed by atoms with van der Waals surface area (Å²) < 4.78 is 2.01. The molecule has 38 heavy (non-hydrogen) atoms. The highest BCUT2D eigenvalue weighted by molar-refractivity contribution is 5.83. The van der Waals surface area contributed by atoms with Gasteiger partial charge in [-0.15, -0.1) is 5.10 Å². The van der Waals surface area contributed by atoms with Crippen LogP contribution in [0.4, 0.5) is 5.69 Å². The Morgan fingerprint density at radius 2 is 1.66 bits per heavy atom. The molecule has 0 spiro atoms. The van der Waals surface area contributed by atoms with Crippen molar-refractivity contribution in [1.29, 1.82) is 0 Å². The first-order chi connectivity index (χ1) is 18.4.